The number of hydrogen-bond donors (Lipinski definition) is 3. The molecule has 2 heterocycles. The smallest absolute Gasteiger partial charge is 0.270 e. The van der Waals surface area contributed by atoms with Crippen LogP contribution in [0.2, 0.25) is 0 Å². The number of rotatable bonds is 5. The largest absolute Gasteiger partial charge is 0.488 e. The van der Waals surface area contributed by atoms with Crippen molar-refractivity contribution in [3.63, 3.8) is 0 Å². The highest BCUT2D eigenvalue weighted by molar-refractivity contribution is 5.96. The zero-order valence-corrected chi connectivity index (χ0v) is 13.3. The number of amides is 1. The lowest BCUT2D eigenvalue weighted by Crippen LogP contribution is -2.42. The molecule has 0 bridgehead atoms. The summed E-state index contributed by atoms with van der Waals surface area (Å²) in [6.07, 6.45) is 0.878. The van der Waals surface area contributed by atoms with E-state index in [9.17, 15) is 9.90 Å². The van der Waals surface area contributed by atoms with Crippen LogP contribution >= 0.6 is 0 Å². The van der Waals surface area contributed by atoms with Crippen LogP contribution in [0.25, 0.3) is 11.3 Å². The van der Waals surface area contributed by atoms with Crippen LogP contribution in [0.15, 0.2) is 24.3 Å². The molecule has 1 aromatic carbocycles. The quantitative estimate of drug-likeness (QED) is 0.788. The van der Waals surface area contributed by atoms with Crippen molar-refractivity contribution in [3.8, 4) is 17.0 Å². The number of hydrogen-bond acceptors (Lipinski definition) is 4. The first-order valence-corrected chi connectivity index (χ1v) is 7.86. The first kappa shape index (κ1) is 15.6. The average Bonchev–Trinajstić information content (AvgIpc) is 3.03. The van der Waals surface area contributed by atoms with E-state index < -0.39 is 0 Å². The molecule has 0 saturated heterocycles. The third kappa shape index (κ3) is 2.82. The lowest BCUT2D eigenvalue weighted by Gasteiger charge is -2.22. The molecular weight excluding hydrogens is 294 g/mol. The van der Waals surface area contributed by atoms with Crippen molar-refractivity contribution >= 4 is 5.91 Å². The zero-order chi connectivity index (χ0) is 16.4. The number of aromatic amines is 1. The van der Waals surface area contributed by atoms with Crippen LogP contribution in [0.3, 0.4) is 0 Å². The molecule has 1 aromatic heterocycles. The van der Waals surface area contributed by atoms with Crippen molar-refractivity contribution in [2.45, 2.75) is 32.9 Å². The molecule has 1 amide bonds. The van der Waals surface area contributed by atoms with Crippen LogP contribution in [0.4, 0.5) is 0 Å². The highest BCUT2D eigenvalue weighted by atomic mass is 16.5. The summed E-state index contributed by atoms with van der Waals surface area (Å²) in [7, 11) is 0. The molecule has 0 unspecified atom stereocenters. The Labute approximate surface area is 134 Å². The minimum atomic E-state index is -0.275. The Morgan fingerprint density at radius 2 is 2.26 bits per heavy atom. The van der Waals surface area contributed by atoms with E-state index in [0.717, 1.165) is 29.0 Å². The van der Waals surface area contributed by atoms with Gasteiger partial charge >= 0.3 is 0 Å². The van der Waals surface area contributed by atoms with Gasteiger partial charge in [-0.15, -0.1) is 0 Å². The average molecular weight is 315 g/mol. The molecule has 6 nitrogen and oxygen atoms in total. The minimum absolute atomic E-state index is 0.0869. The van der Waals surface area contributed by atoms with Crippen molar-refractivity contribution in [1.82, 2.24) is 15.5 Å². The summed E-state index contributed by atoms with van der Waals surface area (Å²) in [4.78, 5) is 12.5. The van der Waals surface area contributed by atoms with Crippen LogP contribution in [0, 0.1) is 5.92 Å². The van der Waals surface area contributed by atoms with Gasteiger partial charge in [0.15, 0.2) is 0 Å². The number of aliphatic hydroxyl groups is 1. The number of ether oxygens (including phenoxy) is 1. The second kappa shape index (κ2) is 6.42. The number of carbonyl (C=O) groups is 1. The van der Waals surface area contributed by atoms with E-state index >= 15 is 0 Å². The molecule has 0 spiro atoms. The van der Waals surface area contributed by atoms with Gasteiger partial charge < -0.3 is 15.2 Å². The second-order valence-corrected chi connectivity index (χ2v) is 5.86. The number of nitrogens with zero attached hydrogens (tertiary/aromatic N) is 1. The Hall–Kier alpha value is -2.34. The van der Waals surface area contributed by atoms with E-state index in [4.69, 9.17) is 4.74 Å². The fourth-order valence-electron chi connectivity index (χ4n) is 2.75. The minimum Gasteiger partial charge on any atom is -0.488 e. The molecule has 0 aliphatic carbocycles. The van der Waals surface area contributed by atoms with E-state index in [1.54, 1.807) is 0 Å². The number of para-hydroxylation sites is 1. The van der Waals surface area contributed by atoms with Crippen LogP contribution in [0.5, 0.6) is 5.75 Å². The molecular formula is C17H21N3O3. The number of aromatic nitrogens is 2. The van der Waals surface area contributed by atoms with Gasteiger partial charge in [0.1, 0.15) is 23.7 Å². The highest BCUT2D eigenvalue weighted by Crippen LogP contribution is 2.36. The maximum atomic E-state index is 12.5. The fourth-order valence-corrected chi connectivity index (χ4v) is 2.75. The predicted octanol–water partition coefficient (Wildman–Crippen LogP) is 2.11. The first-order chi connectivity index (χ1) is 11.2. The van der Waals surface area contributed by atoms with Gasteiger partial charge in [-0.05, 0) is 18.1 Å². The van der Waals surface area contributed by atoms with Crippen molar-refractivity contribution in [1.29, 1.82) is 0 Å². The maximum Gasteiger partial charge on any atom is 0.270 e. The molecule has 0 radical (unpaired) electrons. The molecule has 3 rings (SSSR count). The van der Waals surface area contributed by atoms with Crippen LogP contribution in [-0.4, -0.2) is 33.9 Å². The van der Waals surface area contributed by atoms with Crippen molar-refractivity contribution in [3.05, 3.63) is 35.5 Å². The number of fused-ring (bicyclic) bond motifs is 3. The summed E-state index contributed by atoms with van der Waals surface area (Å²) < 4.78 is 5.71. The van der Waals surface area contributed by atoms with Gasteiger partial charge in [-0.3, -0.25) is 9.89 Å². The van der Waals surface area contributed by atoms with Crippen LogP contribution in [-0.2, 0) is 6.61 Å². The molecule has 2 atom stereocenters. The van der Waals surface area contributed by atoms with Crippen molar-refractivity contribution in [2.24, 2.45) is 5.92 Å². The Kier molecular flexibility index (Phi) is 4.34. The summed E-state index contributed by atoms with van der Waals surface area (Å²) in [5.74, 6) is 0.701. The number of nitrogens with one attached hydrogen (secondary N) is 2. The normalized spacial score (nSPS) is 15.1. The number of benzene rings is 1. The Balaban J connectivity index is 1.86. The SMILES string of the molecule is CC[C@@H](C)[C@@H](CO)NC(=O)c1[nH]nc2c1COc1ccccc1-2. The van der Waals surface area contributed by atoms with Crippen molar-refractivity contribution in [2.75, 3.05) is 6.61 Å². The van der Waals surface area contributed by atoms with Gasteiger partial charge in [-0.1, -0.05) is 32.4 Å². The van der Waals surface area contributed by atoms with E-state index in [1.165, 1.54) is 0 Å². The summed E-state index contributed by atoms with van der Waals surface area (Å²) >= 11 is 0. The summed E-state index contributed by atoms with van der Waals surface area (Å²) in [5.41, 5.74) is 2.78. The van der Waals surface area contributed by atoms with E-state index in [2.05, 4.69) is 15.5 Å². The van der Waals surface area contributed by atoms with Gasteiger partial charge in [-0.25, -0.2) is 0 Å². The first-order valence-electron chi connectivity index (χ1n) is 7.86. The summed E-state index contributed by atoms with van der Waals surface area (Å²) in [6, 6.07) is 7.35. The monoisotopic (exact) mass is 315 g/mol. The van der Waals surface area contributed by atoms with E-state index in [1.807, 2.05) is 38.1 Å². The third-order valence-corrected chi connectivity index (χ3v) is 4.45. The molecule has 3 N–H and O–H groups in total. The van der Waals surface area contributed by atoms with Gasteiger partial charge in [0.05, 0.1) is 12.6 Å². The molecule has 1 aliphatic heterocycles. The van der Waals surface area contributed by atoms with E-state index in [0.29, 0.717) is 12.3 Å². The molecule has 23 heavy (non-hydrogen) atoms. The lowest BCUT2D eigenvalue weighted by atomic mass is 9.99. The molecule has 2 aromatic rings. The lowest BCUT2D eigenvalue weighted by molar-refractivity contribution is 0.0884. The standard InChI is InChI=1S/C17H21N3O3/c1-3-10(2)13(8-21)18-17(22)16-12-9-23-14-7-5-4-6-11(14)15(12)19-20-16/h4-7,10,13,21H,3,8-9H2,1-2H3,(H,18,22)(H,19,20)/t10-,13-/m1/s1. The summed E-state index contributed by atoms with van der Waals surface area (Å²) in [5, 5.41) is 19.5. The summed E-state index contributed by atoms with van der Waals surface area (Å²) in [6.45, 7) is 4.25. The van der Waals surface area contributed by atoms with Gasteiger partial charge in [-0.2, -0.15) is 5.10 Å². The van der Waals surface area contributed by atoms with Gasteiger partial charge in [0.25, 0.3) is 5.91 Å². The highest BCUT2D eigenvalue weighted by Gasteiger charge is 2.27. The number of H-pyrrole nitrogens is 1. The molecule has 1 aliphatic rings. The Morgan fingerprint density at radius 1 is 1.48 bits per heavy atom. The fraction of sp³-hybridized carbons (Fsp3) is 0.412. The van der Waals surface area contributed by atoms with E-state index in [-0.39, 0.29) is 24.5 Å². The Morgan fingerprint density at radius 3 is 3.00 bits per heavy atom. The second-order valence-electron chi connectivity index (χ2n) is 5.86. The van der Waals surface area contributed by atoms with Gasteiger partial charge in [0.2, 0.25) is 0 Å². The third-order valence-electron chi connectivity index (χ3n) is 4.45. The van der Waals surface area contributed by atoms with Crippen molar-refractivity contribution < 1.29 is 14.6 Å². The predicted molar refractivity (Wildman–Crippen MR) is 86.2 cm³/mol. The maximum absolute atomic E-state index is 12.5. The molecule has 0 saturated carbocycles. The number of carbonyl (C=O) groups excluding carboxylic acids is 1. The topological polar surface area (TPSA) is 87.2 Å². The zero-order valence-electron chi connectivity index (χ0n) is 13.3. The molecule has 0 fully saturated rings. The van der Waals surface area contributed by atoms with Crippen LogP contribution < -0.4 is 10.1 Å². The van der Waals surface area contributed by atoms with Gasteiger partial charge in [0, 0.05) is 11.1 Å². The number of aliphatic hydroxyl groups excluding tert-OH is 1. The Bertz CT molecular complexity index is 711. The van der Waals surface area contributed by atoms with Crippen LogP contribution in [0.1, 0.15) is 36.3 Å². The molecule has 122 valence electrons. The molecule has 6 heteroatoms.